The van der Waals surface area contributed by atoms with Crippen molar-refractivity contribution in [3.05, 3.63) is 89.8 Å². The number of para-hydroxylation sites is 2. The molecule has 0 fully saturated rings. The number of fused-ring (bicyclic) bond motifs is 1. The largest absolute Gasteiger partial charge is 0.450 e. The van der Waals surface area contributed by atoms with E-state index < -0.39 is 29.5 Å². The number of aromatic nitrogens is 2. The zero-order chi connectivity index (χ0) is 21.5. The minimum Gasteiger partial charge on any atom is -0.319 e. The highest BCUT2D eigenvalue weighted by molar-refractivity contribution is 6.04. The van der Waals surface area contributed by atoms with Gasteiger partial charge in [-0.1, -0.05) is 18.2 Å². The van der Waals surface area contributed by atoms with Crippen molar-refractivity contribution in [2.24, 2.45) is 0 Å². The van der Waals surface area contributed by atoms with Gasteiger partial charge in [-0.15, -0.1) is 0 Å². The van der Waals surface area contributed by atoms with Crippen LogP contribution in [-0.4, -0.2) is 15.5 Å². The first kappa shape index (κ1) is 19.6. The Morgan fingerprint density at radius 1 is 0.900 bits per heavy atom. The summed E-state index contributed by atoms with van der Waals surface area (Å²) in [5.41, 5.74) is 0.283. The molecule has 30 heavy (non-hydrogen) atoms. The average Bonchev–Trinajstić information content (AvgIpc) is 3.12. The predicted octanol–water partition coefficient (Wildman–Crippen LogP) is 5.57. The van der Waals surface area contributed by atoms with Gasteiger partial charge in [-0.05, 0) is 48.5 Å². The standard InChI is InChI=1S/C21H12F5N3O/c22-14-4-3-6-16(18(14)23)27-19(30)12-8-10-13(11-9-12)29-17-7-2-1-5-15(17)28-20(29)21(24,25)26/h1-11H,(H,27,30). The highest BCUT2D eigenvalue weighted by Crippen LogP contribution is 2.33. The van der Waals surface area contributed by atoms with E-state index in [0.29, 0.717) is 0 Å². The van der Waals surface area contributed by atoms with Gasteiger partial charge < -0.3 is 5.32 Å². The number of nitrogens with zero attached hydrogens (tertiary/aromatic N) is 2. The topological polar surface area (TPSA) is 46.9 Å². The van der Waals surface area contributed by atoms with Crippen LogP contribution in [-0.2, 0) is 6.18 Å². The normalized spacial score (nSPS) is 11.6. The second-order valence-corrected chi connectivity index (χ2v) is 6.36. The number of benzene rings is 3. The molecule has 4 rings (SSSR count). The van der Waals surface area contributed by atoms with Gasteiger partial charge in [0.2, 0.25) is 5.82 Å². The van der Waals surface area contributed by atoms with Crippen LogP contribution in [0.1, 0.15) is 16.2 Å². The summed E-state index contributed by atoms with van der Waals surface area (Å²) in [5, 5.41) is 2.23. The van der Waals surface area contributed by atoms with Crippen LogP contribution in [0.3, 0.4) is 0 Å². The van der Waals surface area contributed by atoms with Crippen LogP contribution < -0.4 is 5.32 Å². The fourth-order valence-corrected chi connectivity index (χ4v) is 3.03. The Hall–Kier alpha value is -3.75. The van der Waals surface area contributed by atoms with Crippen molar-refractivity contribution < 1.29 is 26.7 Å². The van der Waals surface area contributed by atoms with Gasteiger partial charge in [-0.25, -0.2) is 13.8 Å². The summed E-state index contributed by atoms with van der Waals surface area (Å²) in [6.07, 6.45) is -4.69. The number of imidazole rings is 1. The highest BCUT2D eigenvalue weighted by atomic mass is 19.4. The number of hydrogen-bond donors (Lipinski definition) is 1. The van der Waals surface area contributed by atoms with Crippen molar-refractivity contribution >= 4 is 22.6 Å². The molecule has 4 aromatic rings. The summed E-state index contributed by atoms with van der Waals surface area (Å²) in [7, 11) is 0. The van der Waals surface area contributed by atoms with Gasteiger partial charge in [0, 0.05) is 11.3 Å². The molecule has 1 heterocycles. The number of carbonyl (C=O) groups is 1. The Bertz CT molecular complexity index is 1250. The van der Waals surface area contributed by atoms with Crippen molar-refractivity contribution in [1.29, 1.82) is 0 Å². The molecule has 0 aliphatic rings. The molecule has 3 aromatic carbocycles. The molecule has 4 nitrogen and oxygen atoms in total. The van der Waals surface area contributed by atoms with E-state index in [0.717, 1.165) is 10.6 Å². The van der Waals surface area contributed by atoms with Crippen LogP contribution in [0.5, 0.6) is 0 Å². The molecule has 0 saturated heterocycles. The van der Waals surface area contributed by atoms with Gasteiger partial charge in [0.25, 0.3) is 5.91 Å². The van der Waals surface area contributed by atoms with Gasteiger partial charge >= 0.3 is 6.18 Å². The molecule has 0 aliphatic heterocycles. The van der Waals surface area contributed by atoms with Gasteiger partial charge in [0.1, 0.15) is 0 Å². The monoisotopic (exact) mass is 417 g/mol. The lowest BCUT2D eigenvalue weighted by molar-refractivity contribution is -0.145. The van der Waals surface area contributed by atoms with Crippen LogP contribution in [0.25, 0.3) is 16.7 Å². The second-order valence-electron chi connectivity index (χ2n) is 6.36. The zero-order valence-corrected chi connectivity index (χ0v) is 15.0. The number of anilines is 1. The van der Waals surface area contributed by atoms with E-state index in [2.05, 4.69) is 10.3 Å². The summed E-state index contributed by atoms with van der Waals surface area (Å²) < 4.78 is 68.4. The van der Waals surface area contributed by atoms with Crippen LogP contribution in [0.15, 0.2) is 66.7 Å². The molecule has 0 unspecified atom stereocenters. The molecule has 9 heteroatoms. The number of alkyl halides is 3. The van der Waals surface area contributed by atoms with Crippen molar-refractivity contribution in [1.82, 2.24) is 9.55 Å². The maximum Gasteiger partial charge on any atom is 0.450 e. The molecule has 0 aliphatic carbocycles. The highest BCUT2D eigenvalue weighted by Gasteiger charge is 2.38. The number of rotatable bonds is 3. The van der Waals surface area contributed by atoms with Gasteiger partial charge in [0.15, 0.2) is 11.6 Å². The van der Waals surface area contributed by atoms with E-state index in [-0.39, 0.29) is 28.0 Å². The Labute approximate surface area is 166 Å². The summed E-state index contributed by atoms with van der Waals surface area (Å²) in [6.45, 7) is 0. The zero-order valence-electron chi connectivity index (χ0n) is 15.0. The summed E-state index contributed by atoms with van der Waals surface area (Å²) in [6, 6.07) is 14.7. The molecule has 1 aromatic heterocycles. The van der Waals surface area contributed by atoms with E-state index in [9.17, 15) is 26.7 Å². The molecule has 0 radical (unpaired) electrons. The van der Waals surface area contributed by atoms with E-state index in [4.69, 9.17) is 0 Å². The number of nitrogens with one attached hydrogen (secondary N) is 1. The Morgan fingerprint density at radius 2 is 1.60 bits per heavy atom. The smallest absolute Gasteiger partial charge is 0.319 e. The maximum absolute atomic E-state index is 13.7. The van der Waals surface area contributed by atoms with E-state index in [1.54, 1.807) is 12.1 Å². The summed E-state index contributed by atoms with van der Waals surface area (Å²) in [4.78, 5) is 16.0. The molecule has 0 atom stereocenters. The molecule has 152 valence electrons. The minimum atomic E-state index is -4.69. The average molecular weight is 417 g/mol. The first-order valence-electron chi connectivity index (χ1n) is 8.66. The third kappa shape index (κ3) is 3.49. The lowest BCUT2D eigenvalue weighted by Crippen LogP contribution is -2.15. The summed E-state index contributed by atoms with van der Waals surface area (Å²) in [5.74, 6) is -4.16. The Kier molecular flexibility index (Phi) is 4.73. The van der Waals surface area contributed by atoms with Gasteiger partial charge in [-0.3, -0.25) is 9.36 Å². The second kappa shape index (κ2) is 7.25. The molecular weight excluding hydrogens is 405 g/mol. The lowest BCUT2D eigenvalue weighted by Gasteiger charge is -2.12. The molecule has 0 bridgehead atoms. The van der Waals surface area contributed by atoms with E-state index in [1.165, 1.54) is 48.5 Å². The molecular formula is C21H12F5N3O. The fraction of sp³-hybridized carbons (Fsp3) is 0.0476. The molecule has 0 saturated carbocycles. The van der Waals surface area contributed by atoms with Crippen LogP contribution in [0.4, 0.5) is 27.6 Å². The quantitative estimate of drug-likeness (QED) is 0.443. The molecule has 1 amide bonds. The maximum atomic E-state index is 13.7. The van der Waals surface area contributed by atoms with Gasteiger partial charge in [-0.2, -0.15) is 13.2 Å². The first-order valence-corrected chi connectivity index (χ1v) is 8.66. The minimum absolute atomic E-state index is 0.0559. The number of carbonyl (C=O) groups excluding carboxylic acids is 1. The fourth-order valence-electron chi connectivity index (χ4n) is 3.03. The van der Waals surface area contributed by atoms with E-state index in [1.807, 2.05) is 0 Å². The SMILES string of the molecule is O=C(Nc1cccc(F)c1F)c1ccc(-n2c(C(F)(F)F)nc3ccccc32)cc1. The van der Waals surface area contributed by atoms with Crippen molar-refractivity contribution in [2.75, 3.05) is 5.32 Å². The molecule has 0 spiro atoms. The number of amides is 1. The van der Waals surface area contributed by atoms with Crippen molar-refractivity contribution in [3.63, 3.8) is 0 Å². The predicted molar refractivity (Wildman–Crippen MR) is 100 cm³/mol. The third-order valence-electron chi connectivity index (χ3n) is 4.40. The van der Waals surface area contributed by atoms with Gasteiger partial charge in [0.05, 0.1) is 16.7 Å². The Morgan fingerprint density at radius 3 is 2.30 bits per heavy atom. The van der Waals surface area contributed by atoms with Crippen LogP contribution >= 0.6 is 0 Å². The van der Waals surface area contributed by atoms with E-state index >= 15 is 0 Å². The van der Waals surface area contributed by atoms with Crippen molar-refractivity contribution in [3.8, 4) is 5.69 Å². The Balaban J connectivity index is 1.69. The van der Waals surface area contributed by atoms with Crippen LogP contribution in [0, 0.1) is 11.6 Å². The summed E-state index contributed by atoms with van der Waals surface area (Å²) >= 11 is 0. The lowest BCUT2D eigenvalue weighted by atomic mass is 10.1. The number of halogens is 5. The van der Waals surface area contributed by atoms with Crippen molar-refractivity contribution in [2.45, 2.75) is 6.18 Å². The third-order valence-corrected chi connectivity index (χ3v) is 4.40. The molecule has 1 N–H and O–H groups in total. The first-order chi connectivity index (χ1) is 14.3. The van der Waals surface area contributed by atoms with Crippen LogP contribution in [0.2, 0.25) is 0 Å². The number of hydrogen-bond acceptors (Lipinski definition) is 2.